The molecule has 1 amide bonds. The molecule has 0 aliphatic carbocycles. The molecule has 1 aliphatic heterocycles. The number of pyridine rings is 1. The van der Waals surface area contributed by atoms with Gasteiger partial charge in [0.05, 0.1) is 17.9 Å². The van der Waals surface area contributed by atoms with Crippen LogP contribution in [0.2, 0.25) is 0 Å². The number of nitrogens with one attached hydrogen (secondary N) is 1. The standard InChI is InChI=1S/C20H21N5O/c1-24(2)13-14-4-3-5-15(10-14)17-11-16(6-7-21-17)18-12-19-20(26)22-8-9-25(19)23-18/h3-7,10-12H,8-9,13H2,1-2H3,(H,22,26). The van der Waals surface area contributed by atoms with E-state index in [4.69, 9.17) is 0 Å². The maximum atomic E-state index is 12.0. The van der Waals surface area contributed by atoms with Gasteiger partial charge in [-0.2, -0.15) is 5.10 Å². The summed E-state index contributed by atoms with van der Waals surface area (Å²) in [7, 11) is 4.12. The van der Waals surface area contributed by atoms with Crippen LogP contribution in [0.3, 0.4) is 0 Å². The first-order chi connectivity index (χ1) is 12.6. The van der Waals surface area contributed by atoms with Gasteiger partial charge in [0.25, 0.3) is 5.91 Å². The number of benzene rings is 1. The zero-order valence-electron chi connectivity index (χ0n) is 14.9. The Morgan fingerprint density at radius 2 is 1.96 bits per heavy atom. The Kier molecular flexibility index (Phi) is 4.26. The van der Waals surface area contributed by atoms with Crippen molar-refractivity contribution in [2.45, 2.75) is 13.1 Å². The lowest BCUT2D eigenvalue weighted by Gasteiger charge is -2.13. The van der Waals surface area contributed by atoms with E-state index in [0.29, 0.717) is 18.8 Å². The monoisotopic (exact) mass is 347 g/mol. The lowest BCUT2D eigenvalue weighted by molar-refractivity contribution is 0.0924. The van der Waals surface area contributed by atoms with E-state index >= 15 is 0 Å². The van der Waals surface area contributed by atoms with E-state index in [1.807, 2.05) is 18.2 Å². The van der Waals surface area contributed by atoms with Crippen LogP contribution >= 0.6 is 0 Å². The maximum Gasteiger partial charge on any atom is 0.269 e. The normalized spacial score (nSPS) is 13.6. The second-order valence-corrected chi connectivity index (χ2v) is 6.76. The van der Waals surface area contributed by atoms with Gasteiger partial charge < -0.3 is 10.2 Å². The molecule has 0 saturated heterocycles. The molecule has 1 aliphatic rings. The molecule has 0 unspecified atom stereocenters. The second kappa shape index (κ2) is 6.72. The molecule has 0 saturated carbocycles. The molecule has 3 heterocycles. The zero-order valence-corrected chi connectivity index (χ0v) is 14.9. The molecule has 0 atom stereocenters. The zero-order chi connectivity index (χ0) is 18.1. The number of fused-ring (bicyclic) bond motifs is 1. The van der Waals surface area contributed by atoms with Crippen LogP contribution in [0, 0.1) is 0 Å². The molecular weight excluding hydrogens is 326 g/mol. The van der Waals surface area contributed by atoms with Crippen molar-refractivity contribution in [1.82, 2.24) is 25.0 Å². The third-order valence-electron chi connectivity index (χ3n) is 4.40. The minimum absolute atomic E-state index is 0.0688. The van der Waals surface area contributed by atoms with Crippen LogP contribution < -0.4 is 5.32 Å². The first-order valence-corrected chi connectivity index (χ1v) is 8.67. The number of hydrogen-bond donors (Lipinski definition) is 1. The molecule has 0 bridgehead atoms. The van der Waals surface area contributed by atoms with Crippen LogP contribution in [0.5, 0.6) is 0 Å². The lowest BCUT2D eigenvalue weighted by Crippen LogP contribution is -2.35. The third kappa shape index (κ3) is 3.23. The average Bonchev–Trinajstić information content (AvgIpc) is 3.07. The predicted octanol–water partition coefficient (Wildman–Crippen LogP) is 2.42. The van der Waals surface area contributed by atoms with Crippen LogP contribution in [0.1, 0.15) is 16.1 Å². The number of carbonyl (C=O) groups excluding carboxylic acids is 1. The summed E-state index contributed by atoms with van der Waals surface area (Å²) in [4.78, 5) is 18.6. The van der Waals surface area contributed by atoms with E-state index in [-0.39, 0.29) is 5.91 Å². The van der Waals surface area contributed by atoms with Crippen molar-refractivity contribution in [2.75, 3.05) is 20.6 Å². The van der Waals surface area contributed by atoms with Gasteiger partial charge in [-0.25, -0.2) is 0 Å². The Bertz CT molecular complexity index is 960. The molecular formula is C20H21N5O. The van der Waals surface area contributed by atoms with Crippen molar-refractivity contribution in [2.24, 2.45) is 0 Å². The van der Waals surface area contributed by atoms with Crippen molar-refractivity contribution >= 4 is 5.91 Å². The quantitative estimate of drug-likeness (QED) is 0.787. The summed E-state index contributed by atoms with van der Waals surface area (Å²) in [6, 6.07) is 14.2. The van der Waals surface area contributed by atoms with Crippen molar-refractivity contribution in [3.05, 3.63) is 59.9 Å². The number of nitrogens with zero attached hydrogens (tertiary/aromatic N) is 4. The Balaban J connectivity index is 1.68. The number of aromatic nitrogens is 3. The number of rotatable bonds is 4. The lowest BCUT2D eigenvalue weighted by atomic mass is 10.0. The third-order valence-corrected chi connectivity index (χ3v) is 4.40. The minimum Gasteiger partial charge on any atom is -0.349 e. The van der Waals surface area contributed by atoms with Gasteiger partial charge in [0.2, 0.25) is 0 Å². The van der Waals surface area contributed by atoms with Crippen molar-refractivity contribution in [1.29, 1.82) is 0 Å². The number of hydrogen-bond acceptors (Lipinski definition) is 4. The number of amides is 1. The molecule has 1 aromatic carbocycles. The van der Waals surface area contributed by atoms with Crippen molar-refractivity contribution in [3.8, 4) is 22.5 Å². The van der Waals surface area contributed by atoms with E-state index in [9.17, 15) is 4.79 Å². The Morgan fingerprint density at radius 1 is 1.12 bits per heavy atom. The molecule has 4 rings (SSSR count). The molecule has 0 radical (unpaired) electrons. The largest absolute Gasteiger partial charge is 0.349 e. The van der Waals surface area contributed by atoms with Gasteiger partial charge >= 0.3 is 0 Å². The highest BCUT2D eigenvalue weighted by Crippen LogP contribution is 2.25. The average molecular weight is 347 g/mol. The van der Waals surface area contributed by atoms with Gasteiger partial charge in [-0.3, -0.25) is 14.5 Å². The molecule has 3 aromatic rings. The summed E-state index contributed by atoms with van der Waals surface area (Å²) in [5.41, 5.74) is 5.59. The van der Waals surface area contributed by atoms with Gasteiger partial charge in [0.15, 0.2) is 0 Å². The molecule has 26 heavy (non-hydrogen) atoms. The fourth-order valence-corrected chi connectivity index (χ4v) is 3.22. The Labute approximate surface area is 152 Å². The van der Waals surface area contributed by atoms with Crippen LogP contribution in [-0.4, -0.2) is 46.2 Å². The van der Waals surface area contributed by atoms with Gasteiger partial charge in [0, 0.05) is 30.4 Å². The predicted molar refractivity (Wildman–Crippen MR) is 101 cm³/mol. The highest BCUT2D eigenvalue weighted by atomic mass is 16.2. The van der Waals surface area contributed by atoms with Gasteiger partial charge in [0.1, 0.15) is 5.69 Å². The summed E-state index contributed by atoms with van der Waals surface area (Å²) in [5.74, 6) is -0.0688. The fraction of sp³-hybridized carbons (Fsp3) is 0.250. The smallest absolute Gasteiger partial charge is 0.269 e. The van der Waals surface area contributed by atoms with Crippen molar-refractivity contribution in [3.63, 3.8) is 0 Å². The highest BCUT2D eigenvalue weighted by Gasteiger charge is 2.20. The minimum atomic E-state index is -0.0688. The molecule has 1 N–H and O–H groups in total. The van der Waals surface area contributed by atoms with E-state index in [0.717, 1.165) is 29.1 Å². The number of carbonyl (C=O) groups is 1. The molecule has 6 heteroatoms. The van der Waals surface area contributed by atoms with Crippen LogP contribution in [0.4, 0.5) is 0 Å². The molecule has 6 nitrogen and oxygen atoms in total. The Hall–Kier alpha value is -2.99. The summed E-state index contributed by atoms with van der Waals surface area (Å²) < 4.78 is 1.77. The highest BCUT2D eigenvalue weighted by molar-refractivity contribution is 5.94. The maximum absolute atomic E-state index is 12.0. The first-order valence-electron chi connectivity index (χ1n) is 8.67. The Morgan fingerprint density at radius 3 is 2.77 bits per heavy atom. The molecule has 0 fully saturated rings. The van der Waals surface area contributed by atoms with E-state index in [1.165, 1.54) is 5.56 Å². The molecule has 2 aromatic heterocycles. The van der Waals surface area contributed by atoms with Crippen LogP contribution in [-0.2, 0) is 13.1 Å². The summed E-state index contributed by atoms with van der Waals surface area (Å²) in [6.45, 7) is 2.20. The fourth-order valence-electron chi connectivity index (χ4n) is 3.22. The molecule has 132 valence electrons. The van der Waals surface area contributed by atoms with Gasteiger partial charge in [-0.15, -0.1) is 0 Å². The van der Waals surface area contributed by atoms with Crippen LogP contribution in [0.25, 0.3) is 22.5 Å². The van der Waals surface area contributed by atoms with E-state index < -0.39 is 0 Å². The van der Waals surface area contributed by atoms with Crippen molar-refractivity contribution < 1.29 is 4.79 Å². The van der Waals surface area contributed by atoms with Gasteiger partial charge in [-0.1, -0.05) is 18.2 Å². The van der Waals surface area contributed by atoms with Crippen LogP contribution in [0.15, 0.2) is 48.7 Å². The second-order valence-electron chi connectivity index (χ2n) is 6.76. The topological polar surface area (TPSA) is 63.1 Å². The first kappa shape index (κ1) is 16.5. The summed E-state index contributed by atoms with van der Waals surface area (Å²) >= 11 is 0. The van der Waals surface area contributed by atoms with E-state index in [1.54, 1.807) is 10.9 Å². The molecule has 0 spiro atoms. The summed E-state index contributed by atoms with van der Waals surface area (Å²) in [5, 5.41) is 7.43. The SMILES string of the molecule is CN(C)Cc1cccc(-c2cc(-c3cc4n(n3)CCNC4=O)ccn2)c1. The van der Waals surface area contributed by atoms with Gasteiger partial charge in [-0.05, 0) is 43.9 Å². The summed E-state index contributed by atoms with van der Waals surface area (Å²) in [6.07, 6.45) is 1.79. The van der Waals surface area contributed by atoms with E-state index in [2.05, 4.69) is 58.7 Å².